The minimum Gasteiger partial charge on any atom is -0.396 e. The van der Waals surface area contributed by atoms with Crippen molar-refractivity contribution < 1.29 is 13.5 Å². The summed E-state index contributed by atoms with van der Waals surface area (Å²) in [6, 6.07) is 3.14. The summed E-state index contributed by atoms with van der Waals surface area (Å²) in [5.41, 5.74) is 2.67. The minimum absolute atomic E-state index is 0.0431. The van der Waals surface area contributed by atoms with Crippen molar-refractivity contribution in [1.29, 1.82) is 0 Å². The van der Waals surface area contributed by atoms with Crippen LogP contribution in [0.2, 0.25) is 0 Å². The molecule has 7 nitrogen and oxygen atoms in total. The van der Waals surface area contributed by atoms with Crippen LogP contribution in [0.25, 0.3) is 0 Å². The number of nitrogen functional groups attached to an aromatic ring is 1. The number of hydrazine groups is 1. The molecule has 1 unspecified atom stereocenters. The molecule has 0 aromatic carbocycles. The number of rotatable bonds is 6. The zero-order valence-electron chi connectivity index (χ0n) is 11.2. The molecule has 20 heavy (non-hydrogen) atoms. The van der Waals surface area contributed by atoms with E-state index in [0.717, 1.165) is 12.8 Å². The minimum atomic E-state index is -3.66. The van der Waals surface area contributed by atoms with E-state index in [4.69, 9.17) is 10.9 Å². The van der Waals surface area contributed by atoms with Crippen LogP contribution in [0.4, 0.5) is 5.69 Å². The largest absolute Gasteiger partial charge is 0.396 e. The molecule has 112 valence electrons. The smallest absolute Gasteiger partial charge is 0.262 e. The molecule has 1 aliphatic rings. The van der Waals surface area contributed by atoms with Gasteiger partial charge in [0, 0.05) is 25.4 Å². The van der Waals surface area contributed by atoms with Gasteiger partial charge in [-0.05, 0) is 37.8 Å². The molecule has 0 saturated carbocycles. The predicted molar refractivity (Wildman–Crippen MR) is 75.3 cm³/mol. The molecule has 4 N–H and O–H groups in total. The molecule has 0 radical (unpaired) electrons. The second kappa shape index (κ2) is 6.49. The molecule has 0 spiro atoms. The Morgan fingerprint density at radius 2 is 2.35 bits per heavy atom. The fourth-order valence-corrected chi connectivity index (χ4v) is 4.35. The Bertz CT molecular complexity index is 549. The molecule has 0 bridgehead atoms. The van der Waals surface area contributed by atoms with Crippen LogP contribution in [-0.2, 0) is 10.0 Å². The quantitative estimate of drug-likeness (QED) is 0.515. The molecule has 1 aliphatic heterocycles. The Labute approximate surface area is 118 Å². The van der Waals surface area contributed by atoms with Gasteiger partial charge in [0.05, 0.1) is 5.69 Å². The zero-order valence-corrected chi connectivity index (χ0v) is 12.0. The molecule has 1 aromatic rings. The average molecular weight is 300 g/mol. The second-order valence-corrected chi connectivity index (χ2v) is 6.58. The van der Waals surface area contributed by atoms with E-state index < -0.39 is 10.0 Å². The lowest BCUT2D eigenvalue weighted by atomic mass is 10.1. The molecule has 1 aromatic heterocycles. The van der Waals surface area contributed by atoms with E-state index in [0.29, 0.717) is 25.1 Å². The Morgan fingerprint density at radius 3 is 3.05 bits per heavy atom. The van der Waals surface area contributed by atoms with Gasteiger partial charge in [0.2, 0.25) is 0 Å². The molecular formula is C12H20N4O3S. The van der Waals surface area contributed by atoms with Crippen molar-refractivity contribution in [3.8, 4) is 0 Å². The Morgan fingerprint density at radius 1 is 1.55 bits per heavy atom. The summed E-state index contributed by atoms with van der Waals surface area (Å²) in [7, 11) is -3.66. The van der Waals surface area contributed by atoms with E-state index in [9.17, 15) is 8.42 Å². The Hall–Kier alpha value is -1.22. The number of hydrogen-bond acceptors (Lipinski definition) is 6. The number of aliphatic hydroxyl groups is 1. The molecule has 1 fully saturated rings. The van der Waals surface area contributed by atoms with E-state index in [2.05, 4.69) is 10.4 Å². The number of hydrogen-bond donors (Lipinski definition) is 3. The third kappa shape index (κ3) is 2.93. The van der Waals surface area contributed by atoms with Gasteiger partial charge in [-0.1, -0.05) is 0 Å². The Balaban J connectivity index is 2.29. The van der Waals surface area contributed by atoms with Crippen LogP contribution in [0.15, 0.2) is 23.4 Å². The lowest BCUT2D eigenvalue weighted by Crippen LogP contribution is -2.36. The van der Waals surface area contributed by atoms with Gasteiger partial charge in [-0.2, -0.15) is 4.31 Å². The van der Waals surface area contributed by atoms with Gasteiger partial charge in [0.1, 0.15) is 0 Å². The first-order valence-corrected chi connectivity index (χ1v) is 8.09. The fraction of sp³-hybridized carbons (Fsp3) is 0.583. The highest BCUT2D eigenvalue weighted by molar-refractivity contribution is 7.89. The zero-order chi connectivity index (χ0) is 14.6. The molecule has 8 heteroatoms. The topological polar surface area (TPSA) is 109 Å². The van der Waals surface area contributed by atoms with E-state index in [1.807, 2.05) is 0 Å². The van der Waals surface area contributed by atoms with Gasteiger partial charge in [0.15, 0.2) is 5.03 Å². The lowest BCUT2D eigenvalue weighted by Gasteiger charge is -2.24. The Kier molecular flexibility index (Phi) is 4.92. The van der Waals surface area contributed by atoms with Crippen LogP contribution in [0.5, 0.6) is 0 Å². The number of aromatic nitrogens is 1. The second-order valence-electron chi connectivity index (χ2n) is 4.78. The summed E-state index contributed by atoms with van der Waals surface area (Å²) >= 11 is 0. The average Bonchev–Trinajstić information content (AvgIpc) is 2.94. The number of aliphatic hydroxyl groups excluding tert-OH is 1. The van der Waals surface area contributed by atoms with Gasteiger partial charge in [-0.3, -0.25) is 5.84 Å². The maximum Gasteiger partial charge on any atom is 0.262 e. The molecule has 0 amide bonds. The summed E-state index contributed by atoms with van der Waals surface area (Å²) in [6.07, 6.45) is 4.34. The maximum absolute atomic E-state index is 12.7. The SMILES string of the molecule is NNc1cccnc1S(=O)(=O)N1CCCC1CCCO. The number of anilines is 1. The van der Waals surface area contributed by atoms with E-state index >= 15 is 0 Å². The highest BCUT2D eigenvalue weighted by Crippen LogP contribution is 2.30. The van der Waals surface area contributed by atoms with E-state index in [1.165, 1.54) is 10.5 Å². The van der Waals surface area contributed by atoms with Crippen LogP contribution in [-0.4, -0.2) is 42.0 Å². The number of nitrogens with zero attached hydrogens (tertiary/aromatic N) is 2. The molecule has 0 aliphatic carbocycles. The van der Waals surface area contributed by atoms with Gasteiger partial charge >= 0.3 is 0 Å². The molecule has 1 atom stereocenters. The van der Waals surface area contributed by atoms with Crippen molar-refractivity contribution in [2.45, 2.75) is 36.8 Å². The highest BCUT2D eigenvalue weighted by Gasteiger charge is 2.36. The van der Waals surface area contributed by atoms with Crippen molar-refractivity contribution in [2.75, 3.05) is 18.6 Å². The summed E-state index contributed by atoms with van der Waals surface area (Å²) in [5.74, 6) is 5.35. The first-order chi connectivity index (χ1) is 9.61. The highest BCUT2D eigenvalue weighted by atomic mass is 32.2. The van der Waals surface area contributed by atoms with Gasteiger partial charge < -0.3 is 10.5 Å². The first kappa shape index (κ1) is 15.2. The summed E-state index contributed by atoms with van der Waals surface area (Å²) in [5, 5.41) is 8.86. The van der Waals surface area contributed by atoms with Gasteiger partial charge in [-0.15, -0.1) is 0 Å². The van der Waals surface area contributed by atoms with E-state index in [1.54, 1.807) is 12.1 Å². The van der Waals surface area contributed by atoms with Crippen LogP contribution in [0.1, 0.15) is 25.7 Å². The summed E-state index contributed by atoms with van der Waals surface area (Å²) < 4.78 is 26.9. The summed E-state index contributed by atoms with van der Waals surface area (Å²) in [4.78, 5) is 3.96. The van der Waals surface area contributed by atoms with Crippen LogP contribution >= 0.6 is 0 Å². The van der Waals surface area contributed by atoms with Crippen LogP contribution in [0.3, 0.4) is 0 Å². The first-order valence-electron chi connectivity index (χ1n) is 6.65. The normalized spacial score (nSPS) is 20.2. The number of nitrogens with one attached hydrogen (secondary N) is 1. The molecule has 2 heterocycles. The predicted octanol–water partition coefficient (Wildman–Crippen LogP) is 0.293. The van der Waals surface area contributed by atoms with Crippen LogP contribution in [0, 0.1) is 0 Å². The lowest BCUT2D eigenvalue weighted by molar-refractivity contribution is 0.264. The van der Waals surface area contributed by atoms with Crippen LogP contribution < -0.4 is 11.3 Å². The van der Waals surface area contributed by atoms with E-state index in [-0.39, 0.29) is 17.7 Å². The van der Waals surface area contributed by atoms with Crippen molar-refractivity contribution in [3.05, 3.63) is 18.3 Å². The third-order valence-corrected chi connectivity index (χ3v) is 5.41. The van der Waals surface area contributed by atoms with Crippen molar-refractivity contribution in [2.24, 2.45) is 5.84 Å². The maximum atomic E-state index is 12.7. The molecular weight excluding hydrogens is 280 g/mol. The fourth-order valence-electron chi connectivity index (χ4n) is 2.56. The standard InChI is InChI=1S/C12H20N4O3S/c13-15-11-6-1-7-14-12(11)20(18,19)16-8-2-4-10(16)5-3-9-17/h1,6-7,10,15,17H,2-5,8-9,13H2. The molecule has 2 rings (SSSR count). The molecule has 1 saturated heterocycles. The number of pyridine rings is 1. The van der Waals surface area contributed by atoms with Gasteiger partial charge in [-0.25, -0.2) is 13.4 Å². The van der Waals surface area contributed by atoms with Crippen molar-refractivity contribution >= 4 is 15.7 Å². The monoisotopic (exact) mass is 300 g/mol. The van der Waals surface area contributed by atoms with Gasteiger partial charge in [0.25, 0.3) is 10.0 Å². The number of sulfonamides is 1. The number of nitrogens with two attached hydrogens (primary N) is 1. The van der Waals surface area contributed by atoms with Crippen molar-refractivity contribution in [1.82, 2.24) is 9.29 Å². The van der Waals surface area contributed by atoms with Crippen molar-refractivity contribution in [3.63, 3.8) is 0 Å². The summed E-state index contributed by atoms with van der Waals surface area (Å²) in [6.45, 7) is 0.558. The third-order valence-electron chi connectivity index (χ3n) is 3.50.